The molecule has 2 aromatic heterocycles. The molecule has 0 saturated carbocycles. The summed E-state index contributed by atoms with van der Waals surface area (Å²) < 4.78 is 8.64. The maximum Gasteiger partial charge on any atom is 0.317 e. The van der Waals surface area contributed by atoms with Gasteiger partial charge in [0.25, 0.3) is 0 Å². The van der Waals surface area contributed by atoms with E-state index in [4.69, 9.17) is 0 Å². The van der Waals surface area contributed by atoms with Gasteiger partial charge in [-0.3, -0.25) is 0 Å². The Labute approximate surface area is 143 Å². The minimum absolute atomic E-state index is 0.156. The van der Waals surface area contributed by atoms with E-state index in [-0.39, 0.29) is 11.9 Å². The number of nitrogens with one attached hydrogen (secondary N) is 1. The molecule has 24 heavy (non-hydrogen) atoms. The smallest absolute Gasteiger partial charge is 0.317 e. The summed E-state index contributed by atoms with van der Waals surface area (Å²) in [6, 6.07) is 5.43. The Kier molecular flexibility index (Phi) is 4.70. The van der Waals surface area contributed by atoms with Crippen LogP contribution < -0.4 is 5.32 Å². The maximum absolute atomic E-state index is 12.3. The van der Waals surface area contributed by atoms with Crippen molar-refractivity contribution < 1.29 is 9.42 Å². The van der Waals surface area contributed by atoms with Gasteiger partial charge in [0.1, 0.15) is 11.0 Å². The zero-order chi connectivity index (χ0) is 17.1. The molecule has 2 heterocycles. The zero-order valence-electron chi connectivity index (χ0n) is 13.7. The number of hydrogen-bond acceptors (Lipinski definition) is 7. The molecule has 0 fully saturated rings. The Bertz CT molecular complexity index is 843. The number of fused-ring (bicyclic) bond motifs is 1. The molecule has 2 amide bonds. The molecule has 0 aliphatic carbocycles. The average Bonchev–Trinajstić information content (AvgIpc) is 3.20. The predicted molar refractivity (Wildman–Crippen MR) is 89.5 cm³/mol. The molecular formula is C15H18N6O2S. The number of carbonyl (C=O) groups excluding carboxylic acids is 1. The van der Waals surface area contributed by atoms with E-state index in [2.05, 4.69) is 43.7 Å². The molecule has 0 radical (unpaired) electrons. The van der Waals surface area contributed by atoms with Gasteiger partial charge in [0.15, 0.2) is 0 Å². The number of urea groups is 1. The fourth-order valence-corrected chi connectivity index (χ4v) is 3.07. The highest BCUT2D eigenvalue weighted by Gasteiger charge is 2.14. The van der Waals surface area contributed by atoms with Crippen LogP contribution in [0.15, 0.2) is 22.8 Å². The highest BCUT2D eigenvalue weighted by molar-refractivity contribution is 7.05. The van der Waals surface area contributed by atoms with Gasteiger partial charge in [-0.1, -0.05) is 24.4 Å². The Hall–Kier alpha value is -2.55. The largest absolute Gasteiger partial charge is 0.333 e. The molecule has 0 aliphatic rings. The molecule has 0 bridgehead atoms. The predicted octanol–water partition coefficient (Wildman–Crippen LogP) is 2.54. The van der Waals surface area contributed by atoms with Crippen LogP contribution in [-0.4, -0.2) is 37.9 Å². The first kappa shape index (κ1) is 16.3. The number of benzene rings is 1. The number of hydrogen-bond donors (Lipinski definition) is 1. The molecular weight excluding hydrogens is 328 g/mol. The van der Waals surface area contributed by atoms with E-state index < -0.39 is 0 Å². The van der Waals surface area contributed by atoms with Gasteiger partial charge in [0.2, 0.25) is 0 Å². The van der Waals surface area contributed by atoms with Crippen molar-refractivity contribution >= 4 is 28.6 Å². The van der Waals surface area contributed by atoms with Gasteiger partial charge in [-0.05, 0) is 45.5 Å². The van der Waals surface area contributed by atoms with E-state index >= 15 is 0 Å². The first-order chi connectivity index (χ1) is 11.5. The lowest BCUT2D eigenvalue weighted by molar-refractivity contribution is 0.206. The fraction of sp³-hybridized carbons (Fsp3) is 0.400. The molecule has 0 aliphatic heterocycles. The second kappa shape index (κ2) is 6.91. The van der Waals surface area contributed by atoms with Crippen LogP contribution >= 0.6 is 11.5 Å². The normalized spacial score (nSPS) is 11.2. The van der Waals surface area contributed by atoms with Crippen LogP contribution in [0.3, 0.4) is 0 Å². The third-order valence-electron chi connectivity index (χ3n) is 3.62. The van der Waals surface area contributed by atoms with Gasteiger partial charge in [0.05, 0.1) is 17.1 Å². The number of carbonyl (C=O) groups is 1. The van der Waals surface area contributed by atoms with Crippen LogP contribution in [0.5, 0.6) is 0 Å². The van der Waals surface area contributed by atoms with Crippen molar-refractivity contribution in [3.05, 3.63) is 34.3 Å². The topological polar surface area (TPSA) is 97.0 Å². The van der Waals surface area contributed by atoms with E-state index in [9.17, 15) is 4.79 Å². The lowest BCUT2D eigenvalue weighted by atomic mass is 10.1. The molecule has 1 aromatic carbocycles. The van der Waals surface area contributed by atoms with Crippen molar-refractivity contribution in [1.82, 2.24) is 30.1 Å². The minimum Gasteiger partial charge on any atom is -0.333 e. The van der Waals surface area contributed by atoms with Gasteiger partial charge in [0, 0.05) is 13.6 Å². The Morgan fingerprint density at radius 2 is 2.12 bits per heavy atom. The summed E-state index contributed by atoms with van der Waals surface area (Å²) in [5.41, 5.74) is 3.27. The number of nitrogens with zero attached hydrogens (tertiary/aromatic N) is 5. The molecule has 8 nitrogen and oxygen atoms in total. The summed E-state index contributed by atoms with van der Waals surface area (Å²) in [7, 11) is 1.74. The number of rotatable bonds is 5. The molecule has 0 saturated heterocycles. The molecule has 3 aromatic rings. The van der Waals surface area contributed by atoms with E-state index in [1.807, 2.05) is 18.2 Å². The van der Waals surface area contributed by atoms with Crippen LogP contribution in [0.1, 0.15) is 35.9 Å². The maximum atomic E-state index is 12.3. The highest BCUT2D eigenvalue weighted by atomic mass is 32.1. The summed E-state index contributed by atoms with van der Waals surface area (Å²) in [5, 5.41) is 14.6. The second-order valence-corrected chi connectivity index (χ2v) is 6.68. The second-order valence-electron chi connectivity index (χ2n) is 5.84. The first-order valence-electron chi connectivity index (χ1n) is 7.56. The van der Waals surface area contributed by atoms with Crippen LogP contribution in [-0.2, 0) is 13.1 Å². The third-order valence-corrected chi connectivity index (χ3v) is 4.35. The van der Waals surface area contributed by atoms with E-state index in [1.165, 1.54) is 11.5 Å². The average molecular weight is 346 g/mol. The van der Waals surface area contributed by atoms with E-state index in [0.717, 1.165) is 16.1 Å². The van der Waals surface area contributed by atoms with Crippen molar-refractivity contribution in [2.75, 3.05) is 7.05 Å². The fourth-order valence-electron chi connectivity index (χ4n) is 2.34. The number of amides is 2. The highest BCUT2D eigenvalue weighted by Crippen LogP contribution is 2.19. The summed E-state index contributed by atoms with van der Waals surface area (Å²) in [4.78, 5) is 14.9. The first-order valence-corrected chi connectivity index (χ1v) is 8.33. The van der Waals surface area contributed by atoms with Crippen LogP contribution in [0.25, 0.3) is 11.0 Å². The molecule has 1 N–H and O–H groups in total. The van der Waals surface area contributed by atoms with Gasteiger partial charge in [-0.2, -0.15) is 0 Å². The minimum atomic E-state index is -0.156. The summed E-state index contributed by atoms with van der Waals surface area (Å²) in [6.45, 7) is 5.01. The Balaban J connectivity index is 1.59. The summed E-state index contributed by atoms with van der Waals surface area (Å²) in [5.74, 6) is 0.288. The van der Waals surface area contributed by atoms with Crippen molar-refractivity contribution in [3.63, 3.8) is 0 Å². The lowest BCUT2D eigenvalue weighted by Crippen LogP contribution is -2.36. The number of aromatic nitrogens is 4. The standard InChI is InChI=1S/C15H18N6O2S/c1-9(2)14-13(24-20-17-14)7-16-15(22)21(3)8-10-4-5-11-12(6-10)19-23-18-11/h4-6,9H,7-8H2,1-3H3,(H,16,22). The van der Waals surface area contributed by atoms with E-state index in [0.29, 0.717) is 24.1 Å². The van der Waals surface area contributed by atoms with Crippen LogP contribution in [0.2, 0.25) is 0 Å². The van der Waals surface area contributed by atoms with Crippen molar-refractivity contribution in [3.8, 4) is 0 Å². The molecule has 3 rings (SSSR count). The zero-order valence-corrected chi connectivity index (χ0v) is 14.5. The summed E-state index contributed by atoms with van der Waals surface area (Å²) in [6.07, 6.45) is 0. The van der Waals surface area contributed by atoms with Crippen molar-refractivity contribution in [2.45, 2.75) is 32.9 Å². The Morgan fingerprint density at radius 1 is 1.33 bits per heavy atom. The molecule has 126 valence electrons. The molecule has 0 spiro atoms. The Morgan fingerprint density at radius 3 is 2.92 bits per heavy atom. The molecule has 0 atom stereocenters. The third kappa shape index (κ3) is 3.51. The van der Waals surface area contributed by atoms with Crippen LogP contribution in [0.4, 0.5) is 4.79 Å². The van der Waals surface area contributed by atoms with Gasteiger partial charge in [-0.15, -0.1) is 5.10 Å². The van der Waals surface area contributed by atoms with Gasteiger partial charge < -0.3 is 10.2 Å². The molecule has 9 heteroatoms. The molecule has 0 unspecified atom stereocenters. The van der Waals surface area contributed by atoms with Crippen molar-refractivity contribution in [1.29, 1.82) is 0 Å². The van der Waals surface area contributed by atoms with Crippen molar-refractivity contribution in [2.24, 2.45) is 0 Å². The van der Waals surface area contributed by atoms with E-state index in [1.54, 1.807) is 11.9 Å². The SMILES string of the molecule is CC(C)c1nnsc1CNC(=O)N(C)Cc1ccc2nonc2c1. The van der Waals surface area contributed by atoms with Crippen LogP contribution in [0, 0.1) is 0 Å². The lowest BCUT2D eigenvalue weighted by Gasteiger charge is -2.18. The van der Waals surface area contributed by atoms with Gasteiger partial charge >= 0.3 is 6.03 Å². The van der Waals surface area contributed by atoms with Gasteiger partial charge in [-0.25, -0.2) is 9.42 Å². The summed E-state index contributed by atoms with van der Waals surface area (Å²) >= 11 is 1.32. The quantitative estimate of drug-likeness (QED) is 0.762. The monoisotopic (exact) mass is 346 g/mol.